The molecule has 4 nitrogen and oxygen atoms in total. The topological polar surface area (TPSA) is 52.6 Å². The molecular formula is C10H18O4. The number of ether oxygens (including phenoxy) is 2. The van der Waals surface area contributed by atoms with E-state index in [0.29, 0.717) is 19.6 Å². The van der Waals surface area contributed by atoms with Gasteiger partial charge in [-0.25, -0.2) is 0 Å². The molecule has 0 aliphatic carbocycles. The molecule has 0 radical (unpaired) electrons. The molecule has 0 fully saturated rings. The zero-order valence-electron chi connectivity index (χ0n) is 9.04. The Balaban J connectivity index is 4.10. The molecule has 82 valence electrons. The molecule has 0 aromatic heterocycles. The van der Waals surface area contributed by atoms with Crippen molar-refractivity contribution < 1.29 is 19.1 Å². The zero-order chi connectivity index (χ0) is 11.0. The zero-order valence-corrected chi connectivity index (χ0v) is 9.04. The van der Waals surface area contributed by atoms with E-state index >= 15 is 0 Å². The molecule has 0 rings (SSSR count). The van der Waals surface area contributed by atoms with Gasteiger partial charge >= 0.3 is 5.97 Å². The summed E-state index contributed by atoms with van der Waals surface area (Å²) < 4.78 is 9.57. The Morgan fingerprint density at radius 2 is 1.93 bits per heavy atom. The standard InChI is InChI=1S/C10H18O4/c1-4-8(10(12)14-5-2)9(11)6-7-13-3/h8H,4-7H2,1-3H3. The minimum absolute atomic E-state index is 0.104. The van der Waals surface area contributed by atoms with Crippen LogP contribution in [-0.2, 0) is 19.1 Å². The number of rotatable bonds is 7. The molecule has 1 unspecified atom stereocenters. The van der Waals surface area contributed by atoms with Crippen molar-refractivity contribution in [3.05, 3.63) is 0 Å². The summed E-state index contributed by atoms with van der Waals surface area (Å²) in [7, 11) is 1.53. The van der Waals surface area contributed by atoms with Gasteiger partial charge in [0.25, 0.3) is 0 Å². The van der Waals surface area contributed by atoms with Gasteiger partial charge < -0.3 is 9.47 Å². The van der Waals surface area contributed by atoms with Crippen molar-refractivity contribution in [3.8, 4) is 0 Å². The molecular weight excluding hydrogens is 184 g/mol. The first-order valence-corrected chi connectivity index (χ1v) is 4.85. The Kier molecular flexibility index (Phi) is 7.02. The first-order valence-electron chi connectivity index (χ1n) is 4.85. The van der Waals surface area contributed by atoms with Gasteiger partial charge in [-0.1, -0.05) is 6.92 Å². The lowest BCUT2D eigenvalue weighted by Crippen LogP contribution is -2.26. The molecule has 0 aliphatic heterocycles. The lowest BCUT2D eigenvalue weighted by Gasteiger charge is -2.11. The van der Waals surface area contributed by atoms with Gasteiger partial charge in [0.15, 0.2) is 0 Å². The van der Waals surface area contributed by atoms with Crippen LogP contribution in [-0.4, -0.2) is 32.1 Å². The van der Waals surface area contributed by atoms with E-state index < -0.39 is 11.9 Å². The van der Waals surface area contributed by atoms with Crippen LogP contribution in [0.1, 0.15) is 26.7 Å². The maximum absolute atomic E-state index is 11.5. The Morgan fingerprint density at radius 1 is 1.29 bits per heavy atom. The van der Waals surface area contributed by atoms with Gasteiger partial charge in [-0.15, -0.1) is 0 Å². The van der Waals surface area contributed by atoms with E-state index in [1.54, 1.807) is 13.8 Å². The van der Waals surface area contributed by atoms with Gasteiger partial charge in [-0.3, -0.25) is 9.59 Å². The van der Waals surface area contributed by atoms with Crippen LogP contribution < -0.4 is 0 Å². The third kappa shape index (κ3) is 4.37. The molecule has 0 amide bonds. The van der Waals surface area contributed by atoms with Gasteiger partial charge in [0.1, 0.15) is 11.7 Å². The van der Waals surface area contributed by atoms with Gasteiger partial charge in [-0.2, -0.15) is 0 Å². The fourth-order valence-electron chi connectivity index (χ4n) is 1.15. The number of Topliss-reactive ketones (excluding diaryl/α,β-unsaturated/α-hetero) is 1. The van der Waals surface area contributed by atoms with Gasteiger partial charge in [-0.05, 0) is 13.3 Å². The second kappa shape index (κ2) is 7.50. The highest BCUT2D eigenvalue weighted by molar-refractivity contribution is 5.98. The molecule has 0 saturated carbocycles. The quantitative estimate of drug-likeness (QED) is 0.459. The van der Waals surface area contributed by atoms with Crippen LogP contribution in [0.25, 0.3) is 0 Å². The minimum Gasteiger partial charge on any atom is -0.465 e. The molecule has 0 bridgehead atoms. The molecule has 0 aromatic carbocycles. The first kappa shape index (κ1) is 13.1. The SMILES string of the molecule is CCOC(=O)C(CC)C(=O)CCOC. The Hall–Kier alpha value is -0.900. The van der Waals surface area contributed by atoms with Gasteiger partial charge in [0.05, 0.1) is 13.2 Å². The average molecular weight is 202 g/mol. The molecule has 1 atom stereocenters. The average Bonchev–Trinajstić information content (AvgIpc) is 2.16. The van der Waals surface area contributed by atoms with E-state index in [9.17, 15) is 9.59 Å². The smallest absolute Gasteiger partial charge is 0.316 e. The molecule has 0 aromatic rings. The van der Waals surface area contributed by atoms with Gasteiger partial charge in [0, 0.05) is 13.5 Å². The van der Waals surface area contributed by atoms with Crippen molar-refractivity contribution in [1.82, 2.24) is 0 Å². The van der Waals surface area contributed by atoms with Crippen LogP contribution in [0.4, 0.5) is 0 Å². The lowest BCUT2D eigenvalue weighted by molar-refractivity contribution is -0.151. The number of carbonyl (C=O) groups excluding carboxylic acids is 2. The predicted octanol–water partition coefficient (Wildman–Crippen LogP) is 1.18. The van der Waals surface area contributed by atoms with Crippen LogP contribution >= 0.6 is 0 Å². The Morgan fingerprint density at radius 3 is 2.36 bits per heavy atom. The van der Waals surface area contributed by atoms with Crippen molar-refractivity contribution in [2.45, 2.75) is 26.7 Å². The van der Waals surface area contributed by atoms with Crippen molar-refractivity contribution in [1.29, 1.82) is 0 Å². The summed E-state index contributed by atoms with van der Waals surface area (Å²) in [5, 5.41) is 0. The maximum atomic E-state index is 11.5. The first-order chi connectivity index (χ1) is 6.67. The van der Waals surface area contributed by atoms with Crippen LogP contribution in [0.15, 0.2) is 0 Å². The summed E-state index contributed by atoms with van der Waals surface area (Å²) in [6.07, 6.45) is 0.759. The highest BCUT2D eigenvalue weighted by atomic mass is 16.5. The summed E-state index contributed by atoms with van der Waals surface area (Å²) >= 11 is 0. The minimum atomic E-state index is -0.620. The van der Waals surface area contributed by atoms with E-state index in [0.717, 1.165) is 0 Å². The van der Waals surface area contributed by atoms with Crippen molar-refractivity contribution in [2.24, 2.45) is 5.92 Å². The second-order valence-electron chi connectivity index (χ2n) is 2.92. The molecule has 0 heterocycles. The molecule has 14 heavy (non-hydrogen) atoms. The maximum Gasteiger partial charge on any atom is 0.316 e. The van der Waals surface area contributed by atoms with Crippen LogP contribution in [0.5, 0.6) is 0 Å². The van der Waals surface area contributed by atoms with E-state index in [2.05, 4.69) is 0 Å². The number of hydrogen-bond acceptors (Lipinski definition) is 4. The lowest BCUT2D eigenvalue weighted by atomic mass is 9.99. The van der Waals surface area contributed by atoms with Crippen molar-refractivity contribution in [3.63, 3.8) is 0 Å². The number of esters is 1. The number of hydrogen-bond donors (Lipinski definition) is 0. The van der Waals surface area contributed by atoms with E-state index in [1.165, 1.54) is 7.11 Å². The van der Waals surface area contributed by atoms with Crippen LogP contribution in [0.3, 0.4) is 0 Å². The molecule has 0 spiro atoms. The monoisotopic (exact) mass is 202 g/mol. The van der Waals surface area contributed by atoms with Crippen LogP contribution in [0.2, 0.25) is 0 Å². The fraction of sp³-hybridized carbons (Fsp3) is 0.800. The number of methoxy groups -OCH3 is 1. The highest BCUT2D eigenvalue weighted by Gasteiger charge is 2.25. The number of ketones is 1. The number of carbonyl (C=O) groups is 2. The van der Waals surface area contributed by atoms with Crippen molar-refractivity contribution >= 4 is 11.8 Å². The molecule has 0 saturated heterocycles. The Labute approximate surface area is 84.6 Å². The summed E-state index contributed by atoms with van der Waals surface area (Å²) in [6.45, 7) is 4.19. The normalized spacial score (nSPS) is 12.2. The third-order valence-corrected chi connectivity index (χ3v) is 1.92. The van der Waals surface area contributed by atoms with Gasteiger partial charge in [0.2, 0.25) is 0 Å². The summed E-state index contributed by atoms with van der Waals surface area (Å²) in [5.41, 5.74) is 0. The Bertz CT molecular complexity index is 189. The van der Waals surface area contributed by atoms with Crippen LogP contribution in [0, 0.1) is 5.92 Å². The van der Waals surface area contributed by atoms with E-state index in [-0.39, 0.29) is 12.2 Å². The van der Waals surface area contributed by atoms with Crippen molar-refractivity contribution in [2.75, 3.05) is 20.3 Å². The highest BCUT2D eigenvalue weighted by Crippen LogP contribution is 2.09. The summed E-state index contributed by atoms with van der Waals surface area (Å²) in [5.74, 6) is -1.14. The third-order valence-electron chi connectivity index (χ3n) is 1.92. The molecule has 0 N–H and O–H groups in total. The van der Waals surface area contributed by atoms with E-state index in [1.807, 2.05) is 0 Å². The fourth-order valence-corrected chi connectivity index (χ4v) is 1.15. The largest absolute Gasteiger partial charge is 0.465 e. The predicted molar refractivity (Wildman–Crippen MR) is 51.9 cm³/mol. The second-order valence-corrected chi connectivity index (χ2v) is 2.92. The molecule has 0 aliphatic rings. The summed E-state index contributed by atoms with van der Waals surface area (Å²) in [6, 6.07) is 0. The van der Waals surface area contributed by atoms with E-state index in [4.69, 9.17) is 9.47 Å². The summed E-state index contributed by atoms with van der Waals surface area (Å²) in [4.78, 5) is 22.8. The molecule has 4 heteroatoms.